The molecule has 8 heteroatoms. The van der Waals surface area contributed by atoms with Crippen molar-refractivity contribution in [3.8, 4) is 0 Å². The minimum Gasteiger partial charge on any atom is -0.328 e. The molecule has 0 saturated heterocycles. The van der Waals surface area contributed by atoms with Gasteiger partial charge in [-0.2, -0.15) is 4.98 Å². The van der Waals surface area contributed by atoms with Gasteiger partial charge in [0.05, 0.1) is 6.42 Å². The average molecular weight is 261 g/mol. The Hall–Kier alpha value is -2.74. The standard InChI is InChI=1S/C11H11N5O3/c12-15-10(18)11-14-8(16-19-11)6-9(17)13-7-4-2-1-3-5-7/h1-5H,6,12H2,(H,13,17)(H,15,18). The van der Waals surface area contributed by atoms with Crippen molar-refractivity contribution in [2.75, 3.05) is 5.32 Å². The maximum absolute atomic E-state index is 11.7. The van der Waals surface area contributed by atoms with Crippen LogP contribution in [0.15, 0.2) is 34.9 Å². The Morgan fingerprint density at radius 2 is 2.00 bits per heavy atom. The Kier molecular flexibility index (Phi) is 3.84. The predicted molar refractivity (Wildman–Crippen MR) is 64.7 cm³/mol. The van der Waals surface area contributed by atoms with E-state index in [0.717, 1.165) is 0 Å². The van der Waals surface area contributed by atoms with E-state index in [1.54, 1.807) is 24.3 Å². The highest BCUT2D eigenvalue weighted by molar-refractivity contribution is 5.92. The van der Waals surface area contributed by atoms with Crippen LogP contribution in [0.5, 0.6) is 0 Å². The molecular formula is C11H11N5O3. The van der Waals surface area contributed by atoms with Crippen LogP contribution in [-0.2, 0) is 11.2 Å². The Bertz CT molecular complexity index is 581. The molecule has 0 radical (unpaired) electrons. The summed E-state index contributed by atoms with van der Waals surface area (Å²) in [4.78, 5) is 26.5. The van der Waals surface area contributed by atoms with Crippen LogP contribution in [0.1, 0.15) is 16.5 Å². The number of rotatable bonds is 4. The van der Waals surface area contributed by atoms with E-state index in [-0.39, 0.29) is 24.0 Å². The van der Waals surface area contributed by atoms with Gasteiger partial charge in [-0.25, -0.2) is 5.84 Å². The molecule has 98 valence electrons. The van der Waals surface area contributed by atoms with Crippen molar-refractivity contribution in [1.29, 1.82) is 0 Å². The minimum absolute atomic E-state index is 0.101. The first-order valence-electron chi connectivity index (χ1n) is 5.37. The number of benzene rings is 1. The summed E-state index contributed by atoms with van der Waals surface area (Å²) in [6.45, 7) is 0. The number of carbonyl (C=O) groups is 2. The van der Waals surface area contributed by atoms with Crippen LogP contribution in [-0.4, -0.2) is 22.0 Å². The number of aromatic nitrogens is 2. The second-order valence-corrected chi connectivity index (χ2v) is 3.58. The van der Waals surface area contributed by atoms with Gasteiger partial charge in [0.1, 0.15) is 0 Å². The van der Waals surface area contributed by atoms with Gasteiger partial charge >= 0.3 is 11.8 Å². The number of nitrogens with two attached hydrogens (primary N) is 1. The monoisotopic (exact) mass is 261 g/mol. The van der Waals surface area contributed by atoms with Gasteiger partial charge in [0.25, 0.3) is 0 Å². The maximum Gasteiger partial charge on any atom is 0.323 e. The van der Waals surface area contributed by atoms with E-state index in [4.69, 9.17) is 5.84 Å². The number of nitrogens with one attached hydrogen (secondary N) is 2. The van der Waals surface area contributed by atoms with Gasteiger partial charge in [-0.15, -0.1) is 0 Å². The second kappa shape index (κ2) is 5.74. The molecule has 1 aromatic carbocycles. The molecule has 2 aromatic rings. The van der Waals surface area contributed by atoms with Crippen LogP contribution in [0.4, 0.5) is 5.69 Å². The topological polar surface area (TPSA) is 123 Å². The third-order valence-electron chi connectivity index (χ3n) is 2.17. The fourth-order valence-electron chi connectivity index (χ4n) is 1.35. The fraction of sp³-hybridized carbons (Fsp3) is 0.0909. The van der Waals surface area contributed by atoms with Crippen LogP contribution in [0.25, 0.3) is 0 Å². The SMILES string of the molecule is NNC(=O)c1nc(CC(=O)Nc2ccccc2)no1. The van der Waals surface area contributed by atoms with Crippen LogP contribution >= 0.6 is 0 Å². The zero-order valence-corrected chi connectivity index (χ0v) is 9.79. The van der Waals surface area contributed by atoms with Gasteiger partial charge in [-0.3, -0.25) is 15.0 Å². The molecule has 0 aliphatic carbocycles. The molecule has 0 aliphatic rings. The number of nitrogen functional groups attached to an aromatic ring is 1. The number of hydrazine groups is 1. The normalized spacial score (nSPS) is 9.95. The van der Waals surface area contributed by atoms with Gasteiger partial charge in [-0.1, -0.05) is 23.4 Å². The molecule has 0 aliphatic heterocycles. The zero-order chi connectivity index (χ0) is 13.7. The third-order valence-corrected chi connectivity index (χ3v) is 2.17. The lowest BCUT2D eigenvalue weighted by Crippen LogP contribution is -2.30. The van der Waals surface area contributed by atoms with Crippen molar-refractivity contribution in [3.63, 3.8) is 0 Å². The molecule has 1 aromatic heterocycles. The van der Waals surface area contributed by atoms with Crippen LogP contribution in [0, 0.1) is 0 Å². The van der Waals surface area contributed by atoms with E-state index in [1.807, 2.05) is 11.5 Å². The molecule has 0 atom stereocenters. The van der Waals surface area contributed by atoms with Crippen molar-refractivity contribution >= 4 is 17.5 Å². The van der Waals surface area contributed by atoms with Crippen molar-refractivity contribution in [2.45, 2.75) is 6.42 Å². The minimum atomic E-state index is -0.706. The molecule has 1 heterocycles. The summed E-state index contributed by atoms with van der Waals surface area (Å²) in [5.74, 6) is 3.71. The van der Waals surface area contributed by atoms with Gasteiger partial charge < -0.3 is 9.84 Å². The van der Waals surface area contributed by atoms with Gasteiger partial charge in [0, 0.05) is 5.69 Å². The number of hydrogen-bond acceptors (Lipinski definition) is 6. The first kappa shape index (κ1) is 12.7. The van der Waals surface area contributed by atoms with Crippen molar-refractivity contribution in [3.05, 3.63) is 42.0 Å². The van der Waals surface area contributed by atoms with E-state index in [2.05, 4.69) is 20.0 Å². The fourth-order valence-corrected chi connectivity index (χ4v) is 1.35. The molecule has 0 spiro atoms. The lowest BCUT2D eigenvalue weighted by Gasteiger charge is -2.01. The van der Waals surface area contributed by atoms with Crippen molar-refractivity contribution in [1.82, 2.24) is 15.6 Å². The highest BCUT2D eigenvalue weighted by Gasteiger charge is 2.15. The smallest absolute Gasteiger partial charge is 0.323 e. The summed E-state index contributed by atoms with van der Waals surface area (Å²) in [5.41, 5.74) is 2.51. The van der Waals surface area contributed by atoms with Gasteiger partial charge in [0.2, 0.25) is 5.91 Å². The molecule has 4 N–H and O–H groups in total. The first-order chi connectivity index (χ1) is 9.19. The maximum atomic E-state index is 11.7. The molecule has 8 nitrogen and oxygen atoms in total. The summed E-state index contributed by atoms with van der Waals surface area (Å²) in [6, 6.07) is 8.94. The zero-order valence-electron chi connectivity index (χ0n) is 9.79. The molecule has 0 saturated carbocycles. The molecule has 0 fully saturated rings. The lowest BCUT2D eigenvalue weighted by molar-refractivity contribution is -0.115. The molecule has 2 amide bonds. The van der Waals surface area contributed by atoms with E-state index < -0.39 is 5.91 Å². The first-order valence-corrected chi connectivity index (χ1v) is 5.37. The number of carbonyl (C=O) groups excluding carboxylic acids is 2. The van der Waals surface area contributed by atoms with Crippen molar-refractivity contribution in [2.24, 2.45) is 5.84 Å². The van der Waals surface area contributed by atoms with E-state index >= 15 is 0 Å². The number of nitrogens with zero attached hydrogens (tertiary/aromatic N) is 2. The summed E-state index contributed by atoms with van der Waals surface area (Å²) < 4.78 is 4.64. The number of hydrogen-bond donors (Lipinski definition) is 3. The Morgan fingerprint density at radius 3 is 2.68 bits per heavy atom. The highest BCUT2D eigenvalue weighted by Crippen LogP contribution is 2.06. The highest BCUT2D eigenvalue weighted by atomic mass is 16.5. The molecule has 2 rings (SSSR count). The molecule has 0 unspecified atom stereocenters. The van der Waals surface area contributed by atoms with Crippen LogP contribution < -0.4 is 16.6 Å². The van der Waals surface area contributed by atoms with E-state index in [9.17, 15) is 9.59 Å². The number of para-hydroxylation sites is 1. The number of amides is 2. The van der Waals surface area contributed by atoms with Crippen LogP contribution in [0.2, 0.25) is 0 Å². The summed E-state index contributed by atoms with van der Waals surface area (Å²) in [5, 5.41) is 6.16. The van der Waals surface area contributed by atoms with Crippen LogP contribution in [0.3, 0.4) is 0 Å². The number of anilines is 1. The Morgan fingerprint density at radius 1 is 1.26 bits per heavy atom. The lowest BCUT2D eigenvalue weighted by atomic mass is 10.3. The molecular weight excluding hydrogens is 250 g/mol. The summed E-state index contributed by atoms with van der Waals surface area (Å²) in [7, 11) is 0. The van der Waals surface area contributed by atoms with E-state index in [1.165, 1.54) is 0 Å². The molecule has 0 bridgehead atoms. The van der Waals surface area contributed by atoms with Crippen molar-refractivity contribution < 1.29 is 14.1 Å². The second-order valence-electron chi connectivity index (χ2n) is 3.58. The largest absolute Gasteiger partial charge is 0.328 e. The quantitative estimate of drug-likeness (QED) is 0.399. The predicted octanol–water partition coefficient (Wildman–Crippen LogP) is -0.146. The Balaban J connectivity index is 1.96. The summed E-state index contributed by atoms with van der Waals surface area (Å²) in [6.07, 6.45) is -0.101. The average Bonchev–Trinajstić information content (AvgIpc) is 2.87. The molecule has 19 heavy (non-hydrogen) atoms. The van der Waals surface area contributed by atoms with Gasteiger partial charge in [0.15, 0.2) is 5.82 Å². The van der Waals surface area contributed by atoms with E-state index in [0.29, 0.717) is 5.69 Å². The third kappa shape index (κ3) is 3.36. The van der Waals surface area contributed by atoms with Gasteiger partial charge in [-0.05, 0) is 12.1 Å². The summed E-state index contributed by atoms with van der Waals surface area (Å²) >= 11 is 0. The Labute approximate surface area is 108 Å².